The Kier molecular flexibility index (Phi) is 5.20. The third-order valence-electron chi connectivity index (χ3n) is 2.42. The summed E-state index contributed by atoms with van der Waals surface area (Å²) in [5.41, 5.74) is 4.42. The van der Waals surface area contributed by atoms with Gasteiger partial charge in [0.2, 0.25) is 15.9 Å². The van der Waals surface area contributed by atoms with Gasteiger partial charge in [0, 0.05) is 17.1 Å². The fourth-order valence-electron chi connectivity index (χ4n) is 1.53. The zero-order valence-corrected chi connectivity index (χ0v) is 12.8. The Labute approximate surface area is 123 Å². The van der Waals surface area contributed by atoms with Crippen LogP contribution in [0.5, 0.6) is 0 Å². The fraction of sp³-hybridized carbons (Fsp3) is 0.300. The summed E-state index contributed by atoms with van der Waals surface area (Å²) in [7, 11) is -4.18. The lowest BCUT2D eigenvalue weighted by molar-refractivity contribution is -0.387. The van der Waals surface area contributed by atoms with Crippen LogP contribution in [0.2, 0.25) is 0 Å². The molecule has 0 bridgehead atoms. The average molecular weight is 366 g/mol. The maximum atomic E-state index is 12.4. The van der Waals surface area contributed by atoms with E-state index in [-0.39, 0.29) is 6.54 Å². The molecular weight excluding hydrogens is 354 g/mol. The van der Waals surface area contributed by atoms with E-state index in [2.05, 4.69) is 15.9 Å². The number of hydrogen-bond donors (Lipinski definition) is 1. The minimum atomic E-state index is -4.18. The highest BCUT2D eigenvalue weighted by Crippen LogP contribution is 2.29. The summed E-state index contributed by atoms with van der Waals surface area (Å²) in [6.07, 6.45) is 0. The van der Waals surface area contributed by atoms with Gasteiger partial charge in [0.25, 0.3) is 5.69 Å². The van der Waals surface area contributed by atoms with Crippen molar-refractivity contribution in [1.82, 2.24) is 4.31 Å². The monoisotopic (exact) mass is 365 g/mol. The number of primary amides is 1. The molecule has 0 aromatic heterocycles. The first-order valence-corrected chi connectivity index (χ1v) is 7.65. The minimum absolute atomic E-state index is 0.0328. The van der Waals surface area contributed by atoms with Gasteiger partial charge in [-0.2, -0.15) is 4.31 Å². The predicted octanol–water partition coefficient (Wildman–Crippen LogP) is 0.853. The maximum absolute atomic E-state index is 12.4. The summed E-state index contributed by atoms with van der Waals surface area (Å²) in [6, 6.07) is 3.56. The molecule has 1 aromatic rings. The summed E-state index contributed by atoms with van der Waals surface area (Å²) in [5.74, 6) is -0.840. The number of carbonyl (C=O) groups excluding carboxylic acids is 1. The molecule has 0 radical (unpaired) electrons. The Hall–Kier alpha value is -1.52. The van der Waals surface area contributed by atoms with E-state index in [0.29, 0.717) is 4.47 Å². The first kappa shape index (κ1) is 16.5. The second kappa shape index (κ2) is 6.29. The number of nitrogens with two attached hydrogens (primary N) is 1. The minimum Gasteiger partial charge on any atom is -0.369 e. The van der Waals surface area contributed by atoms with Gasteiger partial charge in [-0.25, -0.2) is 8.42 Å². The van der Waals surface area contributed by atoms with E-state index in [9.17, 15) is 23.3 Å². The van der Waals surface area contributed by atoms with Gasteiger partial charge in [-0.1, -0.05) is 22.9 Å². The number of nitrogens with zero attached hydrogens (tertiary/aromatic N) is 2. The van der Waals surface area contributed by atoms with Crippen molar-refractivity contribution in [1.29, 1.82) is 0 Å². The van der Waals surface area contributed by atoms with Crippen LogP contribution in [0.4, 0.5) is 5.69 Å². The Morgan fingerprint density at radius 2 is 2.10 bits per heavy atom. The summed E-state index contributed by atoms with van der Waals surface area (Å²) in [4.78, 5) is 20.6. The summed E-state index contributed by atoms with van der Waals surface area (Å²) >= 11 is 3.06. The Bertz CT molecular complexity index is 646. The Morgan fingerprint density at radius 1 is 1.50 bits per heavy atom. The molecule has 20 heavy (non-hydrogen) atoms. The molecule has 0 saturated carbocycles. The van der Waals surface area contributed by atoms with Gasteiger partial charge < -0.3 is 5.73 Å². The molecule has 1 rings (SSSR count). The lowest BCUT2D eigenvalue weighted by atomic mass is 10.3. The van der Waals surface area contributed by atoms with Gasteiger partial charge in [-0.05, 0) is 12.1 Å². The topological polar surface area (TPSA) is 124 Å². The molecule has 110 valence electrons. The highest BCUT2D eigenvalue weighted by atomic mass is 79.9. The van der Waals surface area contributed by atoms with Gasteiger partial charge in [0.1, 0.15) is 0 Å². The second-order valence-corrected chi connectivity index (χ2v) is 6.59. The molecule has 0 heterocycles. The highest BCUT2D eigenvalue weighted by Gasteiger charge is 2.31. The first-order chi connectivity index (χ1) is 9.20. The molecular formula is C10H12BrN3O5S. The van der Waals surface area contributed by atoms with Crippen LogP contribution < -0.4 is 5.73 Å². The van der Waals surface area contributed by atoms with Gasteiger partial charge in [0.15, 0.2) is 4.90 Å². The lowest BCUT2D eigenvalue weighted by Crippen LogP contribution is -2.38. The van der Waals surface area contributed by atoms with Crippen molar-refractivity contribution >= 4 is 37.5 Å². The van der Waals surface area contributed by atoms with Crippen molar-refractivity contribution in [3.63, 3.8) is 0 Å². The van der Waals surface area contributed by atoms with Crippen molar-refractivity contribution in [3.05, 3.63) is 32.8 Å². The number of nitro groups is 1. The van der Waals surface area contributed by atoms with E-state index in [1.54, 1.807) is 0 Å². The van der Waals surface area contributed by atoms with E-state index in [1.165, 1.54) is 13.0 Å². The maximum Gasteiger partial charge on any atom is 0.289 e. The molecule has 0 aliphatic rings. The van der Waals surface area contributed by atoms with Crippen molar-refractivity contribution in [3.8, 4) is 0 Å². The molecule has 10 heteroatoms. The van der Waals surface area contributed by atoms with Crippen LogP contribution in [0.15, 0.2) is 27.6 Å². The predicted molar refractivity (Wildman–Crippen MR) is 74.4 cm³/mol. The molecule has 0 aliphatic heterocycles. The quantitative estimate of drug-likeness (QED) is 0.591. The summed E-state index contributed by atoms with van der Waals surface area (Å²) in [6.45, 7) is 0.932. The van der Waals surface area contributed by atoms with Crippen LogP contribution in [-0.2, 0) is 14.8 Å². The van der Waals surface area contributed by atoms with Gasteiger partial charge in [-0.15, -0.1) is 0 Å². The number of amides is 1. The SMILES string of the molecule is CCN(CC(N)=O)S(=O)(=O)c1cc(Br)ccc1[N+](=O)[O-]. The number of hydrogen-bond acceptors (Lipinski definition) is 5. The van der Waals surface area contributed by atoms with Crippen molar-refractivity contribution in [2.24, 2.45) is 5.73 Å². The van der Waals surface area contributed by atoms with Crippen LogP contribution in [0, 0.1) is 10.1 Å². The molecule has 0 spiro atoms. The molecule has 2 N–H and O–H groups in total. The zero-order chi connectivity index (χ0) is 15.5. The smallest absolute Gasteiger partial charge is 0.289 e. The third kappa shape index (κ3) is 3.52. The Morgan fingerprint density at radius 3 is 2.55 bits per heavy atom. The summed E-state index contributed by atoms with van der Waals surface area (Å²) in [5, 5.41) is 10.9. The van der Waals surface area contributed by atoms with Gasteiger partial charge in [0.05, 0.1) is 11.5 Å². The molecule has 0 atom stereocenters. The van der Waals surface area contributed by atoms with E-state index in [4.69, 9.17) is 5.73 Å². The molecule has 0 fully saturated rings. The van der Waals surface area contributed by atoms with Crippen LogP contribution in [0.1, 0.15) is 6.92 Å². The van der Waals surface area contributed by atoms with E-state index >= 15 is 0 Å². The van der Waals surface area contributed by atoms with Crippen LogP contribution in [-0.4, -0.2) is 36.6 Å². The lowest BCUT2D eigenvalue weighted by Gasteiger charge is -2.18. The van der Waals surface area contributed by atoms with E-state index in [1.807, 2.05) is 0 Å². The number of benzene rings is 1. The molecule has 0 unspecified atom stereocenters. The fourth-order valence-corrected chi connectivity index (χ4v) is 3.64. The average Bonchev–Trinajstić information content (AvgIpc) is 2.34. The number of rotatable bonds is 6. The molecule has 0 aliphatic carbocycles. The molecule has 0 saturated heterocycles. The first-order valence-electron chi connectivity index (χ1n) is 5.42. The van der Waals surface area contributed by atoms with Crippen molar-refractivity contribution < 1.29 is 18.1 Å². The molecule has 1 amide bonds. The number of halogens is 1. The van der Waals surface area contributed by atoms with Gasteiger partial charge >= 0.3 is 0 Å². The van der Waals surface area contributed by atoms with Crippen molar-refractivity contribution in [2.45, 2.75) is 11.8 Å². The van der Waals surface area contributed by atoms with Crippen LogP contribution in [0.25, 0.3) is 0 Å². The highest BCUT2D eigenvalue weighted by molar-refractivity contribution is 9.10. The van der Waals surface area contributed by atoms with E-state index < -0.39 is 38.0 Å². The molecule has 8 nitrogen and oxygen atoms in total. The van der Waals surface area contributed by atoms with Gasteiger partial charge in [-0.3, -0.25) is 14.9 Å². The number of sulfonamides is 1. The van der Waals surface area contributed by atoms with Crippen LogP contribution >= 0.6 is 15.9 Å². The van der Waals surface area contributed by atoms with Crippen molar-refractivity contribution in [2.75, 3.05) is 13.1 Å². The number of carbonyl (C=O) groups is 1. The Balaban J connectivity index is 3.44. The second-order valence-electron chi connectivity index (χ2n) is 3.77. The largest absolute Gasteiger partial charge is 0.369 e. The summed E-state index contributed by atoms with van der Waals surface area (Å²) < 4.78 is 25.9. The van der Waals surface area contributed by atoms with E-state index in [0.717, 1.165) is 16.4 Å². The number of nitro benzene ring substituents is 1. The standard InChI is InChI=1S/C10H12BrN3O5S/c1-2-13(6-10(12)15)20(18,19)9-5-7(11)3-4-8(9)14(16)17/h3-5H,2,6H2,1H3,(H2,12,15). The molecule has 1 aromatic carbocycles. The zero-order valence-electron chi connectivity index (χ0n) is 10.4. The third-order valence-corrected chi connectivity index (χ3v) is 4.86. The normalized spacial score (nSPS) is 11.6. The van der Waals surface area contributed by atoms with Crippen LogP contribution in [0.3, 0.4) is 0 Å². The number of likely N-dealkylation sites (N-methyl/N-ethyl adjacent to an activating group) is 1.